The molecular weight excluding hydrogens is 318 g/mol. The zero-order valence-electron chi connectivity index (χ0n) is 12.7. The quantitative estimate of drug-likeness (QED) is 0.701. The fourth-order valence-electron chi connectivity index (χ4n) is 1.80. The Morgan fingerprint density at radius 1 is 0.810 bits per heavy atom. The first-order valence-electron chi connectivity index (χ1n) is 6.89. The van der Waals surface area contributed by atoms with Gasteiger partial charge in [-0.3, -0.25) is 0 Å². The fourth-order valence-corrected chi connectivity index (χ4v) is 4.00. The lowest BCUT2D eigenvalue weighted by Gasteiger charge is -2.09. The fraction of sp³-hybridized carbons (Fsp3) is 0.400. The van der Waals surface area contributed by atoms with Crippen LogP contribution >= 0.6 is 35.3 Å². The summed E-state index contributed by atoms with van der Waals surface area (Å²) in [6.45, 7) is 8.47. The number of hydrogen-bond donors (Lipinski definition) is 0. The van der Waals surface area contributed by atoms with E-state index < -0.39 is 0 Å². The number of benzene rings is 1. The summed E-state index contributed by atoms with van der Waals surface area (Å²) in [5.74, 6) is 1.93. The van der Waals surface area contributed by atoms with Crippen LogP contribution in [-0.2, 0) is 0 Å². The lowest BCUT2D eigenvalue weighted by Crippen LogP contribution is -1.98. The highest BCUT2D eigenvalue weighted by molar-refractivity contribution is 8.00. The number of rotatable bonds is 6. The van der Waals surface area contributed by atoms with Gasteiger partial charge in [-0.25, -0.2) is 0 Å². The van der Waals surface area contributed by atoms with Gasteiger partial charge >= 0.3 is 0 Å². The molecule has 112 valence electrons. The summed E-state index contributed by atoms with van der Waals surface area (Å²) in [5, 5.41) is 2.42. The molecule has 21 heavy (non-hydrogen) atoms. The first kappa shape index (κ1) is 16.6. The van der Waals surface area contributed by atoms with Crippen molar-refractivity contribution in [2.75, 3.05) is 11.5 Å². The molecule has 0 aliphatic heterocycles. The third-order valence-electron chi connectivity index (χ3n) is 2.72. The molecular formula is C15H19N3S3. The van der Waals surface area contributed by atoms with Crippen molar-refractivity contribution in [2.45, 2.75) is 48.1 Å². The van der Waals surface area contributed by atoms with Gasteiger partial charge in [0.25, 0.3) is 0 Å². The maximum absolute atomic E-state index is 4.57. The summed E-state index contributed by atoms with van der Waals surface area (Å²) in [7, 11) is 0. The first-order valence-corrected chi connectivity index (χ1v) is 9.68. The Kier molecular flexibility index (Phi) is 6.39. The minimum Gasteiger partial charge on any atom is -0.196 e. The summed E-state index contributed by atoms with van der Waals surface area (Å²) in [5.41, 5.74) is 2.52. The maximum atomic E-state index is 4.57. The molecule has 2 aromatic rings. The number of aryl methyl sites for hydroxylation is 2. The molecule has 0 spiro atoms. The van der Waals surface area contributed by atoms with Gasteiger partial charge in [-0.15, -0.1) is 0 Å². The topological polar surface area (TPSA) is 38.7 Å². The van der Waals surface area contributed by atoms with Gasteiger partial charge in [0, 0.05) is 4.90 Å². The Balaban J connectivity index is 2.34. The van der Waals surface area contributed by atoms with E-state index in [-0.39, 0.29) is 0 Å². The van der Waals surface area contributed by atoms with Gasteiger partial charge in [-0.2, -0.15) is 15.0 Å². The van der Waals surface area contributed by atoms with Crippen LogP contribution in [0.2, 0.25) is 0 Å². The molecule has 0 unspecified atom stereocenters. The number of thioether (sulfide) groups is 2. The molecule has 0 amide bonds. The van der Waals surface area contributed by atoms with Crippen LogP contribution in [0.3, 0.4) is 0 Å². The standard InChI is InChI=1S/C15H19N3S3/c1-5-19-13-16-14(20-6-2)18-15(17-13)21-12-10(3)8-7-9-11(12)4/h7-9H,5-6H2,1-4H3. The van der Waals surface area contributed by atoms with E-state index in [9.17, 15) is 0 Å². The van der Waals surface area contributed by atoms with Crippen LogP contribution < -0.4 is 0 Å². The van der Waals surface area contributed by atoms with Crippen molar-refractivity contribution in [1.82, 2.24) is 15.0 Å². The predicted molar refractivity (Wildman–Crippen MR) is 92.7 cm³/mol. The molecule has 0 aliphatic rings. The summed E-state index contributed by atoms with van der Waals surface area (Å²) < 4.78 is 0. The van der Waals surface area contributed by atoms with Crippen molar-refractivity contribution in [2.24, 2.45) is 0 Å². The van der Waals surface area contributed by atoms with Gasteiger partial charge in [0.15, 0.2) is 15.5 Å². The van der Waals surface area contributed by atoms with E-state index >= 15 is 0 Å². The van der Waals surface area contributed by atoms with Gasteiger partial charge in [-0.1, -0.05) is 55.6 Å². The van der Waals surface area contributed by atoms with Gasteiger partial charge in [0.2, 0.25) is 0 Å². The smallest absolute Gasteiger partial charge is 0.196 e. The Morgan fingerprint density at radius 2 is 1.29 bits per heavy atom. The zero-order valence-corrected chi connectivity index (χ0v) is 15.2. The van der Waals surface area contributed by atoms with Crippen LogP contribution in [0.1, 0.15) is 25.0 Å². The maximum Gasteiger partial charge on any atom is 0.197 e. The van der Waals surface area contributed by atoms with Crippen molar-refractivity contribution < 1.29 is 0 Å². The highest BCUT2D eigenvalue weighted by Crippen LogP contribution is 2.32. The molecule has 6 heteroatoms. The van der Waals surface area contributed by atoms with Crippen molar-refractivity contribution in [3.05, 3.63) is 29.3 Å². The third kappa shape index (κ3) is 4.63. The van der Waals surface area contributed by atoms with Crippen LogP contribution in [0.5, 0.6) is 0 Å². The highest BCUT2D eigenvalue weighted by Gasteiger charge is 2.11. The van der Waals surface area contributed by atoms with E-state index in [4.69, 9.17) is 0 Å². The second kappa shape index (κ2) is 8.06. The molecule has 0 radical (unpaired) electrons. The largest absolute Gasteiger partial charge is 0.197 e. The molecule has 0 aliphatic carbocycles. The van der Waals surface area contributed by atoms with Crippen molar-refractivity contribution >= 4 is 35.3 Å². The summed E-state index contributed by atoms with van der Waals surface area (Å²) in [4.78, 5) is 14.9. The molecule has 0 bridgehead atoms. The minimum atomic E-state index is 0.786. The first-order chi connectivity index (χ1) is 10.1. The third-order valence-corrected chi connectivity index (χ3v) is 5.39. The van der Waals surface area contributed by atoms with Gasteiger partial charge in [0.1, 0.15) is 0 Å². The minimum absolute atomic E-state index is 0.786. The van der Waals surface area contributed by atoms with Crippen LogP contribution in [-0.4, -0.2) is 26.5 Å². The number of nitrogens with zero attached hydrogens (tertiary/aromatic N) is 3. The molecule has 0 saturated heterocycles. The van der Waals surface area contributed by atoms with E-state index in [1.165, 1.54) is 16.0 Å². The van der Waals surface area contributed by atoms with Crippen LogP contribution in [0.25, 0.3) is 0 Å². The molecule has 3 nitrogen and oxygen atoms in total. The van der Waals surface area contributed by atoms with Crippen LogP contribution in [0.4, 0.5) is 0 Å². The van der Waals surface area contributed by atoms with Crippen LogP contribution in [0, 0.1) is 13.8 Å². The van der Waals surface area contributed by atoms with E-state index in [0.29, 0.717) is 0 Å². The number of aromatic nitrogens is 3. The second-order valence-corrected chi connectivity index (χ2v) is 7.81. The molecule has 0 saturated carbocycles. The second-order valence-electron chi connectivity index (χ2n) is 4.37. The average Bonchev–Trinajstić information content (AvgIpc) is 2.44. The molecule has 0 fully saturated rings. The molecule has 1 aromatic heterocycles. The van der Waals surface area contributed by atoms with Crippen LogP contribution in [0.15, 0.2) is 38.6 Å². The van der Waals surface area contributed by atoms with Crippen molar-refractivity contribution in [1.29, 1.82) is 0 Å². The zero-order chi connectivity index (χ0) is 15.2. The van der Waals surface area contributed by atoms with Crippen molar-refractivity contribution in [3.63, 3.8) is 0 Å². The molecule has 1 heterocycles. The molecule has 1 aromatic carbocycles. The Labute approximate surface area is 139 Å². The van der Waals surface area contributed by atoms with Gasteiger partial charge in [-0.05, 0) is 48.2 Å². The van der Waals surface area contributed by atoms with E-state index in [1.807, 2.05) is 0 Å². The lowest BCUT2D eigenvalue weighted by molar-refractivity contribution is 0.717. The number of hydrogen-bond acceptors (Lipinski definition) is 6. The summed E-state index contributed by atoms with van der Waals surface area (Å²) >= 11 is 4.95. The molecule has 0 atom stereocenters. The highest BCUT2D eigenvalue weighted by atomic mass is 32.2. The van der Waals surface area contributed by atoms with Gasteiger partial charge < -0.3 is 0 Å². The van der Waals surface area contributed by atoms with Crippen molar-refractivity contribution in [3.8, 4) is 0 Å². The predicted octanol–water partition coefficient (Wildman–Crippen LogP) is 4.86. The Morgan fingerprint density at radius 3 is 1.76 bits per heavy atom. The molecule has 0 N–H and O–H groups in total. The SMILES string of the molecule is CCSc1nc(SCC)nc(Sc2c(C)cccc2C)n1. The summed E-state index contributed by atoms with van der Waals surface area (Å²) in [6.07, 6.45) is 0. The lowest BCUT2D eigenvalue weighted by atomic mass is 10.2. The van der Waals surface area contributed by atoms with Gasteiger partial charge in [0.05, 0.1) is 0 Å². The van der Waals surface area contributed by atoms with E-state index in [0.717, 1.165) is 27.0 Å². The Bertz CT molecular complexity index is 573. The van der Waals surface area contributed by atoms with E-state index in [1.54, 1.807) is 35.3 Å². The monoisotopic (exact) mass is 337 g/mol. The summed E-state index contributed by atoms with van der Waals surface area (Å²) in [6, 6.07) is 6.33. The molecule has 2 rings (SSSR count). The Hall–Kier alpha value is -0.720. The normalized spacial score (nSPS) is 10.9. The van der Waals surface area contributed by atoms with E-state index in [2.05, 4.69) is 60.8 Å². The average molecular weight is 338 g/mol.